The van der Waals surface area contributed by atoms with Gasteiger partial charge in [-0.15, -0.1) is 10.2 Å². The van der Waals surface area contributed by atoms with Crippen LogP contribution in [0.2, 0.25) is 0 Å². The second-order valence-electron chi connectivity index (χ2n) is 5.07. The van der Waals surface area contributed by atoms with Crippen molar-refractivity contribution in [2.45, 2.75) is 26.3 Å². The number of fused-ring (bicyclic) bond motifs is 1. The highest BCUT2D eigenvalue weighted by Crippen LogP contribution is 2.21. The fraction of sp³-hybridized carbons (Fsp3) is 0.385. The lowest BCUT2D eigenvalue weighted by molar-refractivity contribution is 0.488. The molecule has 0 saturated heterocycles. The third-order valence-corrected chi connectivity index (χ3v) is 4.14. The molecule has 0 saturated carbocycles. The van der Waals surface area contributed by atoms with E-state index in [-0.39, 0.29) is 6.04 Å². The van der Waals surface area contributed by atoms with E-state index in [2.05, 4.69) is 34.1 Å². The Labute approximate surface area is 120 Å². The lowest BCUT2D eigenvalue weighted by atomic mass is 10.0. The first-order valence-electron chi connectivity index (χ1n) is 6.52. The van der Waals surface area contributed by atoms with Crippen molar-refractivity contribution < 1.29 is 0 Å². The molecule has 20 heavy (non-hydrogen) atoms. The van der Waals surface area contributed by atoms with Crippen LogP contribution in [0.25, 0.3) is 16.3 Å². The summed E-state index contributed by atoms with van der Waals surface area (Å²) in [5.74, 6) is 1.15. The summed E-state index contributed by atoms with van der Waals surface area (Å²) in [6.07, 6.45) is 4.25. The number of nitrogens with two attached hydrogens (primary N) is 1. The summed E-state index contributed by atoms with van der Waals surface area (Å²) in [4.78, 5) is 4.89. The highest BCUT2D eigenvalue weighted by atomic mass is 32.1. The molecule has 1 atom stereocenters. The Kier molecular flexibility index (Phi) is 3.45. The van der Waals surface area contributed by atoms with Crippen molar-refractivity contribution in [3.8, 4) is 11.4 Å². The van der Waals surface area contributed by atoms with E-state index in [9.17, 15) is 0 Å². The molecular formula is C13H16N6S. The van der Waals surface area contributed by atoms with Crippen LogP contribution in [-0.4, -0.2) is 30.8 Å². The van der Waals surface area contributed by atoms with E-state index in [0.717, 1.165) is 22.0 Å². The largest absolute Gasteiger partial charge is 0.327 e. The minimum absolute atomic E-state index is 0.112. The molecule has 104 valence electrons. The van der Waals surface area contributed by atoms with Gasteiger partial charge in [0.2, 0.25) is 4.96 Å². The quantitative estimate of drug-likeness (QED) is 0.791. The zero-order valence-corrected chi connectivity index (χ0v) is 12.2. The van der Waals surface area contributed by atoms with Crippen LogP contribution in [0.15, 0.2) is 24.5 Å². The van der Waals surface area contributed by atoms with Crippen LogP contribution >= 0.6 is 11.3 Å². The first kappa shape index (κ1) is 13.1. The lowest BCUT2D eigenvalue weighted by Crippen LogP contribution is -2.28. The molecule has 0 spiro atoms. The van der Waals surface area contributed by atoms with Crippen molar-refractivity contribution >= 4 is 16.3 Å². The molecule has 0 aromatic carbocycles. The van der Waals surface area contributed by atoms with Gasteiger partial charge in [-0.05, 0) is 18.1 Å². The maximum absolute atomic E-state index is 6.10. The van der Waals surface area contributed by atoms with Crippen molar-refractivity contribution in [2.24, 2.45) is 11.7 Å². The number of hydrogen-bond acceptors (Lipinski definition) is 6. The van der Waals surface area contributed by atoms with Crippen molar-refractivity contribution in [1.82, 2.24) is 24.8 Å². The average molecular weight is 288 g/mol. The van der Waals surface area contributed by atoms with Crippen LogP contribution in [0, 0.1) is 5.92 Å². The molecule has 3 aromatic rings. The summed E-state index contributed by atoms with van der Waals surface area (Å²) in [6.45, 7) is 4.23. The first-order chi connectivity index (χ1) is 9.65. The van der Waals surface area contributed by atoms with Crippen LogP contribution in [0.4, 0.5) is 0 Å². The molecule has 0 aliphatic carbocycles. The molecule has 0 amide bonds. The summed E-state index contributed by atoms with van der Waals surface area (Å²) < 4.78 is 1.77. The molecule has 0 radical (unpaired) electrons. The number of nitrogens with zero attached hydrogens (tertiary/aromatic N) is 5. The Bertz CT molecular complexity index is 702. The van der Waals surface area contributed by atoms with Crippen LogP contribution in [0.5, 0.6) is 0 Å². The van der Waals surface area contributed by atoms with Gasteiger partial charge in [0.25, 0.3) is 0 Å². The van der Waals surface area contributed by atoms with E-state index in [1.165, 1.54) is 11.3 Å². The van der Waals surface area contributed by atoms with E-state index in [0.29, 0.717) is 11.7 Å². The van der Waals surface area contributed by atoms with E-state index >= 15 is 0 Å². The Morgan fingerprint density at radius 3 is 2.90 bits per heavy atom. The standard InChI is InChI=1S/C13H16N6S/c1-8(2)10(14)6-11-18-19-12(16-17-13(19)20-11)9-4-3-5-15-7-9/h3-5,7-8,10H,6,14H2,1-2H3. The number of aromatic nitrogens is 5. The van der Waals surface area contributed by atoms with Gasteiger partial charge >= 0.3 is 0 Å². The number of hydrogen-bond donors (Lipinski definition) is 1. The first-order valence-corrected chi connectivity index (χ1v) is 7.34. The molecule has 0 bridgehead atoms. The van der Waals surface area contributed by atoms with Crippen molar-refractivity contribution in [3.63, 3.8) is 0 Å². The van der Waals surface area contributed by atoms with Crippen LogP contribution in [0.3, 0.4) is 0 Å². The molecule has 7 heteroatoms. The average Bonchev–Trinajstić information content (AvgIpc) is 2.99. The summed E-state index contributed by atoms with van der Waals surface area (Å²) in [6, 6.07) is 3.93. The maximum atomic E-state index is 6.10. The van der Waals surface area contributed by atoms with Gasteiger partial charge in [0.1, 0.15) is 5.01 Å². The monoisotopic (exact) mass is 288 g/mol. The topological polar surface area (TPSA) is 82.0 Å². The Balaban J connectivity index is 1.95. The molecule has 3 aromatic heterocycles. The van der Waals surface area contributed by atoms with Gasteiger partial charge in [0.15, 0.2) is 5.82 Å². The predicted molar refractivity (Wildman–Crippen MR) is 78.4 cm³/mol. The Morgan fingerprint density at radius 1 is 1.35 bits per heavy atom. The zero-order valence-electron chi connectivity index (χ0n) is 11.4. The third-order valence-electron chi connectivity index (χ3n) is 3.22. The van der Waals surface area contributed by atoms with Crippen molar-refractivity contribution in [1.29, 1.82) is 0 Å². The van der Waals surface area contributed by atoms with E-state index in [4.69, 9.17) is 5.73 Å². The smallest absolute Gasteiger partial charge is 0.234 e. The number of rotatable bonds is 4. The molecule has 6 nitrogen and oxygen atoms in total. The molecule has 0 fully saturated rings. The number of pyridine rings is 1. The SMILES string of the molecule is CC(C)C(N)Cc1nn2c(-c3cccnc3)nnc2s1. The van der Waals surface area contributed by atoms with Gasteiger partial charge in [-0.3, -0.25) is 4.98 Å². The predicted octanol–water partition coefficient (Wildman–Crippen LogP) is 1.77. The lowest BCUT2D eigenvalue weighted by Gasteiger charge is -2.12. The molecule has 3 heterocycles. The van der Waals surface area contributed by atoms with E-state index in [1.807, 2.05) is 12.1 Å². The minimum Gasteiger partial charge on any atom is -0.327 e. The van der Waals surface area contributed by atoms with Gasteiger partial charge in [-0.2, -0.15) is 9.61 Å². The van der Waals surface area contributed by atoms with Gasteiger partial charge in [-0.25, -0.2) is 0 Å². The van der Waals surface area contributed by atoms with Crippen molar-refractivity contribution in [3.05, 3.63) is 29.5 Å². The molecule has 3 rings (SSSR count). The summed E-state index contributed by atoms with van der Waals surface area (Å²) in [7, 11) is 0. The van der Waals surface area contributed by atoms with Gasteiger partial charge in [0.05, 0.1) is 0 Å². The van der Waals surface area contributed by atoms with Gasteiger partial charge in [-0.1, -0.05) is 25.2 Å². The summed E-state index contributed by atoms with van der Waals surface area (Å²) >= 11 is 1.54. The van der Waals surface area contributed by atoms with E-state index in [1.54, 1.807) is 16.9 Å². The minimum atomic E-state index is 0.112. The van der Waals surface area contributed by atoms with Gasteiger partial charge < -0.3 is 5.73 Å². The van der Waals surface area contributed by atoms with Gasteiger partial charge in [0, 0.05) is 30.4 Å². The second kappa shape index (κ2) is 5.26. The Hall–Kier alpha value is -1.86. The molecule has 0 aliphatic heterocycles. The zero-order chi connectivity index (χ0) is 14.1. The highest BCUT2D eigenvalue weighted by molar-refractivity contribution is 7.16. The van der Waals surface area contributed by atoms with Crippen LogP contribution < -0.4 is 5.73 Å². The molecule has 0 aliphatic rings. The molecular weight excluding hydrogens is 272 g/mol. The fourth-order valence-electron chi connectivity index (χ4n) is 1.85. The summed E-state index contributed by atoms with van der Waals surface area (Å²) in [5, 5.41) is 13.9. The van der Waals surface area contributed by atoms with Crippen LogP contribution in [0.1, 0.15) is 18.9 Å². The molecule has 1 unspecified atom stereocenters. The van der Waals surface area contributed by atoms with Crippen molar-refractivity contribution in [2.75, 3.05) is 0 Å². The maximum Gasteiger partial charge on any atom is 0.234 e. The highest BCUT2D eigenvalue weighted by Gasteiger charge is 2.16. The van der Waals surface area contributed by atoms with E-state index < -0.39 is 0 Å². The molecule has 2 N–H and O–H groups in total. The normalized spacial score (nSPS) is 13.2. The third kappa shape index (κ3) is 2.41. The fourth-order valence-corrected chi connectivity index (χ4v) is 2.76. The van der Waals surface area contributed by atoms with Crippen LogP contribution in [-0.2, 0) is 6.42 Å². The summed E-state index contributed by atoms with van der Waals surface area (Å²) in [5.41, 5.74) is 7.01. The Morgan fingerprint density at radius 2 is 2.20 bits per heavy atom. The second-order valence-corrected chi connectivity index (χ2v) is 6.11.